The van der Waals surface area contributed by atoms with E-state index in [1.54, 1.807) is 4.68 Å². The number of benzene rings is 1. The maximum Gasteiger partial charge on any atom is 0.416 e. The molecule has 0 amide bonds. The monoisotopic (exact) mass is 362 g/mol. The van der Waals surface area contributed by atoms with Crippen LogP contribution in [0.2, 0.25) is 0 Å². The highest BCUT2D eigenvalue weighted by atomic mass is 79.9. The van der Waals surface area contributed by atoms with Gasteiger partial charge in [-0.3, -0.25) is 0 Å². The van der Waals surface area contributed by atoms with E-state index in [2.05, 4.69) is 26.2 Å². The predicted molar refractivity (Wildman–Crippen MR) is 75.5 cm³/mol. The van der Waals surface area contributed by atoms with Crippen LogP contribution in [0.1, 0.15) is 36.2 Å². The minimum Gasteiger partial charge on any atom is -0.319 e. The van der Waals surface area contributed by atoms with E-state index in [9.17, 15) is 13.2 Å². The van der Waals surface area contributed by atoms with Gasteiger partial charge in [0, 0.05) is 11.0 Å². The van der Waals surface area contributed by atoms with E-state index < -0.39 is 17.8 Å². The van der Waals surface area contributed by atoms with Crippen LogP contribution >= 0.6 is 15.9 Å². The second kappa shape index (κ2) is 6.15. The van der Waals surface area contributed by atoms with E-state index in [1.165, 1.54) is 12.3 Å². The highest BCUT2D eigenvalue weighted by molar-refractivity contribution is 9.10. The van der Waals surface area contributed by atoms with Crippen LogP contribution in [0.5, 0.6) is 0 Å². The highest BCUT2D eigenvalue weighted by Gasteiger charge is 2.31. The minimum atomic E-state index is -4.41. The van der Waals surface area contributed by atoms with Gasteiger partial charge in [0.05, 0.1) is 23.5 Å². The lowest BCUT2D eigenvalue weighted by molar-refractivity contribution is -0.137. The van der Waals surface area contributed by atoms with Crippen molar-refractivity contribution >= 4 is 15.9 Å². The SMILES string of the molecule is CCCn1nncc1C(N)c1cc(C(F)(F)F)ccc1Br. The second-order valence-corrected chi connectivity index (χ2v) is 5.45. The van der Waals surface area contributed by atoms with Crippen molar-refractivity contribution in [3.8, 4) is 0 Å². The van der Waals surface area contributed by atoms with Gasteiger partial charge in [-0.2, -0.15) is 13.2 Å². The molecule has 0 saturated heterocycles. The summed E-state index contributed by atoms with van der Waals surface area (Å²) in [6.45, 7) is 2.58. The molecule has 2 N–H and O–H groups in total. The van der Waals surface area contributed by atoms with Crippen LogP contribution in [0.25, 0.3) is 0 Å². The molecule has 0 saturated carbocycles. The van der Waals surface area contributed by atoms with Crippen molar-refractivity contribution in [2.75, 3.05) is 0 Å². The van der Waals surface area contributed by atoms with Gasteiger partial charge in [-0.15, -0.1) is 5.10 Å². The number of rotatable bonds is 4. The largest absolute Gasteiger partial charge is 0.416 e. The normalized spacial score (nSPS) is 13.4. The standard InChI is InChI=1S/C13H14BrF3N4/c1-2-5-21-11(7-19-20-21)12(18)9-6-8(13(15,16)17)3-4-10(9)14/h3-4,6-7,12H,2,5,18H2,1H3. The summed E-state index contributed by atoms with van der Waals surface area (Å²) in [7, 11) is 0. The Hall–Kier alpha value is -1.41. The molecular weight excluding hydrogens is 349 g/mol. The number of aromatic nitrogens is 3. The predicted octanol–water partition coefficient (Wildman–Crippen LogP) is 3.52. The van der Waals surface area contributed by atoms with Crippen molar-refractivity contribution in [2.45, 2.75) is 32.1 Å². The first-order chi connectivity index (χ1) is 9.84. The molecule has 1 aromatic carbocycles. The van der Waals surface area contributed by atoms with Crippen molar-refractivity contribution < 1.29 is 13.2 Å². The Bertz CT molecular complexity index is 624. The molecule has 1 atom stereocenters. The summed E-state index contributed by atoms with van der Waals surface area (Å²) >= 11 is 3.25. The second-order valence-electron chi connectivity index (χ2n) is 4.59. The molecule has 21 heavy (non-hydrogen) atoms. The lowest BCUT2D eigenvalue weighted by Gasteiger charge is -2.17. The zero-order valence-corrected chi connectivity index (χ0v) is 12.8. The average Bonchev–Trinajstić information content (AvgIpc) is 2.86. The summed E-state index contributed by atoms with van der Waals surface area (Å²) in [4.78, 5) is 0. The number of aryl methyl sites for hydroxylation is 1. The molecule has 2 rings (SSSR count). The van der Waals surface area contributed by atoms with Gasteiger partial charge in [0.1, 0.15) is 0 Å². The van der Waals surface area contributed by atoms with E-state index in [4.69, 9.17) is 5.73 Å². The number of hydrogen-bond acceptors (Lipinski definition) is 3. The van der Waals surface area contributed by atoms with Gasteiger partial charge in [0.25, 0.3) is 0 Å². The maximum absolute atomic E-state index is 12.8. The number of alkyl halides is 3. The zero-order chi connectivity index (χ0) is 15.6. The van der Waals surface area contributed by atoms with Crippen LogP contribution in [0.3, 0.4) is 0 Å². The van der Waals surface area contributed by atoms with Crippen LogP contribution in [0, 0.1) is 0 Å². The van der Waals surface area contributed by atoms with E-state index >= 15 is 0 Å². The molecule has 1 heterocycles. The summed E-state index contributed by atoms with van der Waals surface area (Å²) in [5.41, 5.74) is 6.31. The molecule has 8 heteroatoms. The third-order valence-corrected chi connectivity index (χ3v) is 3.78. The molecule has 0 aliphatic carbocycles. The van der Waals surface area contributed by atoms with Crippen molar-refractivity contribution in [1.82, 2.24) is 15.0 Å². The van der Waals surface area contributed by atoms with Crippen molar-refractivity contribution in [2.24, 2.45) is 5.73 Å². The van der Waals surface area contributed by atoms with E-state index in [0.29, 0.717) is 22.3 Å². The van der Waals surface area contributed by atoms with Crippen LogP contribution in [0.15, 0.2) is 28.9 Å². The van der Waals surface area contributed by atoms with E-state index in [1.807, 2.05) is 6.92 Å². The van der Waals surface area contributed by atoms with Crippen LogP contribution in [-0.4, -0.2) is 15.0 Å². The molecular formula is C13H14BrF3N4. The molecule has 1 aromatic heterocycles. The fourth-order valence-electron chi connectivity index (χ4n) is 2.01. The van der Waals surface area contributed by atoms with Crippen LogP contribution in [0.4, 0.5) is 13.2 Å². The molecule has 0 fully saturated rings. The first-order valence-corrected chi connectivity index (χ1v) is 7.14. The Labute approximate surface area is 128 Å². The summed E-state index contributed by atoms with van der Waals surface area (Å²) in [5.74, 6) is 0. The Morgan fingerprint density at radius 3 is 2.71 bits per heavy atom. The smallest absolute Gasteiger partial charge is 0.319 e. The van der Waals surface area contributed by atoms with E-state index in [-0.39, 0.29) is 0 Å². The van der Waals surface area contributed by atoms with Gasteiger partial charge < -0.3 is 5.73 Å². The summed E-state index contributed by atoms with van der Waals surface area (Å²) in [6, 6.07) is 2.69. The summed E-state index contributed by atoms with van der Waals surface area (Å²) in [5, 5.41) is 7.69. The summed E-state index contributed by atoms with van der Waals surface area (Å²) in [6.07, 6.45) is -2.10. The molecule has 0 spiro atoms. The third kappa shape index (κ3) is 3.44. The van der Waals surface area contributed by atoms with Crippen LogP contribution < -0.4 is 5.73 Å². The van der Waals surface area contributed by atoms with Gasteiger partial charge in [-0.05, 0) is 30.2 Å². The first-order valence-electron chi connectivity index (χ1n) is 6.35. The van der Waals surface area contributed by atoms with E-state index in [0.717, 1.165) is 18.6 Å². The number of nitrogens with zero attached hydrogens (tertiary/aromatic N) is 3. The van der Waals surface area contributed by atoms with Crippen molar-refractivity contribution in [1.29, 1.82) is 0 Å². The average molecular weight is 363 g/mol. The Morgan fingerprint density at radius 1 is 1.38 bits per heavy atom. The molecule has 0 bridgehead atoms. The Morgan fingerprint density at radius 2 is 2.10 bits per heavy atom. The molecule has 1 unspecified atom stereocenters. The van der Waals surface area contributed by atoms with Gasteiger partial charge in [0.2, 0.25) is 0 Å². The quantitative estimate of drug-likeness (QED) is 0.905. The summed E-state index contributed by atoms with van der Waals surface area (Å²) < 4.78 is 40.6. The first kappa shape index (κ1) is 16.0. The molecule has 114 valence electrons. The molecule has 2 aromatic rings. The molecule has 0 aliphatic heterocycles. The fraction of sp³-hybridized carbons (Fsp3) is 0.385. The molecule has 0 aliphatic rings. The van der Waals surface area contributed by atoms with Gasteiger partial charge >= 0.3 is 6.18 Å². The highest BCUT2D eigenvalue weighted by Crippen LogP contribution is 2.34. The Balaban J connectivity index is 2.43. The molecule has 4 nitrogen and oxygen atoms in total. The number of nitrogens with two attached hydrogens (primary N) is 1. The lowest BCUT2D eigenvalue weighted by Crippen LogP contribution is -2.19. The third-order valence-electron chi connectivity index (χ3n) is 3.06. The lowest BCUT2D eigenvalue weighted by atomic mass is 10.0. The van der Waals surface area contributed by atoms with Crippen molar-refractivity contribution in [3.05, 3.63) is 45.7 Å². The maximum atomic E-state index is 12.8. The van der Waals surface area contributed by atoms with Crippen molar-refractivity contribution in [3.63, 3.8) is 0 Å². The molecule has 0 radical (unpaired) electrons. The topological polar surface area (TPSA) is 56.7 Å². The Kier molecular flexibility index (Phi) is 4.67. The fourth-order valence-corrected chi connectivity index (χ4v) is 2.50. The van der Waals surface area contributed by atoms with Gasteiger partial charge in [0.15, 0.2) is 0 Å². The zero-order valence-electron chi connectivity index (χ0n) is 11.2. The number of hydrogen-bond donors (Lipinski definition) is 1. The van der Waals surface area contributed by atoms with Crippen LogP contribution in [-0.2, 0) is 12.7 Å². The van der Waals surface area contributed by atoms with Gasteiger partial charge in [-0.1, -0.05) is 28.1 Å². The van der Waals surface area contributed by atoms with Gasteiger partial charge in [-0.25, -0.2) is 4.68 Å². The number of halogens is 4. The minimum absolute atomic E-state index is 0.351.